The Morgan fingerprint density at radius 3 is 2.38 bits per heavy atom. The van der Waals surface area contributed by atoms with Gasteiger partial charge in [-0.3, -0.25) is 18.9 Å². The van der Waals surface area contributed by atoms with Crippen LogP contribution in [0.4, 0.5) is 11.4 Å². The highest BCUT2D eigenvalue weighted by Gasteiger charge is 2.29. The predicted octanol–water partition coefficient (Wildman–Crippen LogP) is 2.81. The Bertz CT molecular complexity index is 1250. The SMILES string of the molecule is COc1ccc(N([C@H](C)C(=O)Nc2ccccc2C(=O)NCc2cccnc2)S(C)(=O)=O)cc1. The number of nitrogens with zero attached hydrogens (tertiary/aromatic N) is 2. The molecule has 3 rings (SSSR count). The van der Waals surface area contributed by atoms with Gasteiger partial charge in [-0.15, -0.1) is 0 Å². The van der Waals surface area contributed by atoms with Gasteiger partial charge in [-0.05, 0) is 55.0 Å². The summed E-state index contributed by atoms with van der Waals surface area (Å²) in [4.78, 5) is 29.8. The maximum Gasteiger partial charge on any atom is 0.253 e. The van der Waals surface area contributed by atoms with Crippen molar-refractivity contribution >= 4 is 33.2 Å². The fraction of sp³-hybridized carbons (Fsp3) is 0.208. The van der Waals surface area contributed by atoms with E-state index in [0.29, 0.717) is 11.4 Å². The predicted molar refractivity (Wildman–Crippen MR) is 130 cm³/mol. The summed E-state index contributed by atoms with van der Waals surface area (Å²) in [6.45, 7) is 1.75. The Balaban J connectivity index is 1.79. The van der Waals surface area contributed by atoms with E-state index in [1.54, 1.807) is 67.0 Å². The molecule has 2 aromatic carbocycles. The second kappa shape index (κ2) is 10.8. The molecule has 3 aromatic rings. The van der Waals surface area contributed by atoms with Crippen LogP contribution in [-0.4, -0.2) is 44.6 Å². The van der Waals surface area contributed by atoms with Crippen LogP contribution in [0.2, 0.25) is 0 Å². The molecule has 34 heavy (non-hydrogen) atoms. The van der Waals surface area contributed by atoms with Gasteiger partial charge in [0.2, 0.25) is 15.9 Å². The lowest BCUT2D eigenvalue weighted by atomic mass is 10.1. The van der Waals surface area contributed by atoms with Gasteiger partial charge in [-0.1, -0.05) is 18.2 Å². The van der Waals surface area contributed by atoms with E-state index in [-0.39, 0.29) is 23.7 Å². The standard InChI is InChI=1S/C24H26N4O5S/c1-17(28(34(3,31)32)19-10-12-20(33-2)13-11-19)23(29)27-22-9-5-4-8-21(22)24(30)26-16-18-7-6-14-25-15-18/h4-15,17H,16H2,1-3H3,(H,26,30)(H,27,29)/t17-/m1/s1. The minimum absolute atomic E-state index is 0.252. The van der Waals surface area contributed by atoms with Crippen LogP contribution < -0.4 is 19.7 Å². The Hall–Kier alpha value is -3.92. The van der Waals surface area contributed by atoms with E-state index in [4.69, 9.17) is 4.74 Å². The van der Waals surface area contributed by atoms with E-state index >= 15 is 0 Å². The molecule has 2 amide bonds. The fourth-order valence-corrected chi connectivity index (χ4v) is 4.52. The van der Waals surface area contributed by atoms with Gasteiger partial charge in [-0.2, -0.15) is 0 Å². The molecule has 9 nitrogen and oxygen atoms in total. The average molecular weight is 483 g/mol. The summed E-state index contributed by atoms with van der Waals surface area (Å²) < 4.78 is 31.2. The zero-order valence-electron chi connectivity index (χ0n) is 19.1. The maximum absolute atomic E-state index is 13.1. The molecule has 178 valence electrons. The van der Waals surface area contributed by atoms with E-state index in [1.165, 1.54) is 14.0 Å². The van der Waals surface area contributed by atoms with Crippen molar-refractivity contribution < 1.29 is 22.7 Å². The number of aromatic nitrogens is 1. The summed E-state index contributed by atoms with van der Waals surface area (Å²) >= 11 is 0. The van der Waals surface area contributed by atoms with Crippen molar-refractivity contribution in [1.82, 2.24) is 10.3 Å². The van der Waals surface area contributed by atoms with Crippen LogP contribution in [0.25, 0.3) is 0 Å². The van der Waals surface area contributed by atoms with Crippen LogP contribution in [0.1, 0.15) is 22.8 Å². The van der Waals surface area contributed by atoms with Crippen molar-refractivity contribution in [1.29, 1.82) is 0 Å². The molecule has 10 heteroatoms. The number of ether oxygens (including phenoxy) is 1. The number of hydrogen-bond donors (Lipinski definition) is 2. The summed E-state index contributed by atoms with van der Waals surface area (Å²) in [5.74, 6) is -0.420. The third kappa shape index (κ3) is 6.10. The van der Waals surface area contributed by atoms with Gasteiger partial charge >= 0.3 is 0 Å². The quantitative estimate of drug-likeness (QED) is 0.484. The smallest absolute Gasteiger partial charge is 0.253 e. The molecule has 0 fully saturated rings. The molecular formula is C24H26N4O5S. The number of rotatable bonds is 9. The Labute approximate surface area is 198 Å². The van der Waals surface area contributed by atoms with Crippen molar-refractivity contribution in [3.8, 4) is 5.75 Å². The molecule has 1 heterocycles. The van der Waals surface area contributed by atoms with E-state index in [2.05, 4.69) is 15.6 Å². The highest BCUT2D eigenvalue weighted by atomic mass is 32.2. The van der Waals surface area contributed by atoms with Gasteiger partial charge in [0.1, 0.15) is 11.8 Å². The minimum Gasteiger partial charge on any atom is -0.497 e. The van der Waals surface area contributed by atoms with Gasteiger partial charge in [0.25, 0.3) is 5.91 Å². The second-order valence-electron chi connectivity index (χ2n) is 7.51. The number of pyridine rings is 1. The number of para-hydroxylation sites is 1. The molecule has 0 aliphatic carbocycles. The van der Waals surface area contributed by atoms with Gasteiger partial charge in [0.15, 0.2) is 0 Å². The van der Waals surface area contributed by atoms with Crippen molar-refractivity contribution in [3.63, 3.8) is 0 Å². The van der Waals surface area contributed by atoms with Gasteiger partial charge in [0.05, 0.1) is 30.3 Å². The number of carbonyl (C=O) groups excluding carboxylic acids is 2. The molecule has 0 radical (unpaired) electrons. The lowest BCUT2D eigenvalue weighted by molar-refractivity contribution is -0.116. The van der Waals surface area contributed by atoms with Crippen molar-refractivity contribution in [3.05, 3.63) is 84.2 Å². The van der Waals surface area contributed by atoms with Gasteiger partial charge in [0, 0.05) is 18.9 Å². The Morgan fingerprint density at radius 2 is 1.76 bits per heavy atom. The fourth-order valence-electron chi connectivity index (χ4n) is 3.35. The number of carbonyl (C=O) groups is 2. The molecule has 0 saturated heterocycles. The molecule has 0 unspecified atom stereocenters. The lowest BCUT2D eigenvalue weighted by Gasteiger charge is -2.28. The van der Waals surface area contributed by atoms with E-state index < -0.39 is 22.0 Å². The topological polar surface area (TPSA) is 118 Å². The molecule has 0 saturated carbocycles. The highest BCUT2D eigenvalue weighted by molar-refractivity contribution is 7.92. The summed E-state index contributed by atoms with van der Waals surface area (Å²) in [7, 11) is -2.29. The molecule has 2 N–H and O–H groups in total. The number of anilines is 2. The molecule has 0 aliphatic rings. The van der Waals surface area contributed by atoms with Gasteiger partial charge in [-0.25, -0.2) is 8.42 Å². The first-order chi connectivity index (χ1) is 16.2. The second-order valence-corrected chi connectivity index (χ2v) is 9.37. The normalized spacial score (nSPS) is 11.9. The number of benzene rings is 2. The number of methoxy groups -OCH3 is 1. The number of sulfonamides is 1. The summed E-state index contributed by atoms with van der Waals surface area (Å²) in [6.07, 6.45) is 4.32. The lowest BCUT2D eigenvalue weighted by Crippen LogP contribution is -2.45. The van der Waals surface area contributed by atoms with Crippen molar-refractivity contribution in [2.24, 2.45) is 0 Å². The summed E-state index contributed by atoms with van der Waals surface area (Å²) in [6, 6.07) is 15.4. The molecule has 0 spiro atoms. The average Bonchev–Trinajstić information content (AvgIpc) is 2.83. The maximum atomic E-state index is 13.1. The van der Waals surface area contributed by atoms with Crippen molar-refractivity contribution in [2.75, 3.05) is 23.0 Å². The third-order valence-corrected chi connectivity index (χ3v) is 6.26. The highest BCUT2D eigenvalue weighted by Crippen LogP contribution is 2.25. The van der Waals surface area contributed by atoms with Crippen LogP contribution in [0.5, 0.6) is 5.75 Å². The van der Waals surface area contributed by atoms with Crippen LogP contribution in [0.15, 0.2) is 73.1 Å². The summed E-state index contributed by atoms with van der Waals surface area (Å²) in [5, 5.41) is 5.48. The monoisotopic (exact) mass is 482 g/mol. The van der Waals surface area contributed by atoms with E-state index in [1.807, 2.05) is 6.07 Å². The van der Waals surface area contributed by atoms with Crippen LogP contribution >= 0.6 is 0 Å². The first-order valence-electron chi connectivity index (χ1n) is 10.4. The zero-order chi connectivity index (χ0) is 24.7. The van der Waals surface area contributed by atoms with Crippen molar-refractivity contribution in [2.45, 2.75) is 19.5 Å². The van der Waals surface area contributed by atoms with Crippen LogP contribution in [0.3, 0.4) is 0 Å². The zero-order valence-corrected chi connectivity index (χ0v) is 19.9. The third-order valence-electron chi connectivity index (χ3n) is 5.02. The van der Waals surface area contributed by atoms with Gasteiger partial charge < -0.3 is 15.4 Å². The molecule has 0 aliphatic heterocycles. The largest absolute Gasteiger partial charge is 0.497 e. The van der Waals surface area contributed by atoms with Crippen LogP contribution in [0, 0.1) is 0 Å². The molecule has 1 aromatic heterocycles. The van der Waals surface area contributed by atoms with Crippen LogP contribution in [-0.2, 0) is 21.4 Å². The first kappa shape index (κ1) is 24.7. The number of amides is 2. The molecular weight excluding hydrogens is 456 g/mol. The molecule has 1 atom stereocenters. The Kier molecular flexibility index (Phi) is 7.85. The van der Waals surface area contributed by atoms with E-state index in [0.717, 1.165) is 16.1 Å². The number of hydrogen-bond acceptors (Lipinski definition) is 6. The Morgan fingerprint density at radius 1 is 1.06 bits per heavy atom. The minimum atomic E-state index is -3.79. The summed E-state index contributed by atoms with van der Waals surface area (Å²) in [5.41, 5.74) is 1.66. The molecule has 0 bridgehead atoms. The number of nitrogens with one attached hydrogen (secondary N) is 2. The van der Waals surface area contributed by atoms with E-state index in [9.17, 15) is 18.0 Å². The first-order valence-corrected chi connectivity index (χ1v) is 12.3.